The van der Waals surface area contributed by atoms with E-state index in [4.69, 9.17) is 5.14 Å². The maximum atomic E-state index is 11.8. The van der Waals surface area contributed by atoms with Crippen LogP contribution in [0, 0.1) is 13.8 Å². The third-order valence-corrected chi connectivity index (χ3v) is 6.29. The number of fused-ring (bicyclic) bond motifs is 1. The van der Waals surface area contributed by atoms with E-state index in [-0.39, 0.29) is 12.3 Å². The van der Waals surface area contributed by atoms with Gasteiger partial charge in [0.25, 0.3) is 0 Å². The number of nitrogens with zero attached hydrogens (tertiary/aromatic N) is 5. The SMILES string of the molecule is C.Cc1ccc(Nc2nccc(N(C)c3ccc4c(C)n(C)nc4c3)n2)cc1S(N)(=O)=O. The highest BCUT2D eigenvalue weighted by atomic mass is 32.2. The molecule has 0 saturated heterocycles. The molecule has 3 N–H and O–H groups in total. The zero-order valence-electron chi connectivity index (χ0n) is 17.7. The van der Waals surface area contributed by atoms with Crippen LogP contribution >= 0.6 is 0 Å². The number of aryl methyl sites for hydroxylation is 3. The molecule has 2 aromatic carbocycles. The fraction of sp³-hybridized carbons (Fsp3) is 0.227. The van der Waals surface area contributed by atoms with Gasteiger partial charge in [-0.1, -0.05) is 13.5 Å². The third kappa shape index (κ3) is 4.41. The third-order valence-electron chi connectivity index (χ3n) is 5.24. The van der Waals surface area contributed by atoms with E-state index in [0.29, 0.717) is 23.0 Å². The number of nitrogens with one attached hydrogen (secondary N) is 1. The number of primary sulfonamides is 1. The van der Waals surface area contributed by atoms with Crippen LogP contribution in [-0.2, 0) is 17.1 Å². The van der Waals surface area contributed by atoms with Gasteiger partial charge in [0.15, 0.2) is 0 Å². The molecule has 2 aromatic heterocycles. The number of hydrogen-bond donors (Lipinski definition) is 2. The summed E-state index contributed by atoms with van der Waals surface area (Å²) in [5.74, 6) is 1.01. The summed E-state index contributed by atoms with van der Waals surface area (Å²) in [5, 5.41) is 14.0. The normalized spacial score (nSPS) is 11.3. The molecule has 0 unspecified atom stereocenters. The molecule has 0 amide bonds. The van der Waals surface area contributed by atoms with Crippen molar-refractivity contribution in [1.82, 2.24) is 19.7 Å². The molecule has 168 valence electrons. The molecule has 0 aliphatic rings. The van der Waals surface area contributed by atoms with Crippen LogP contribution in [0.3, 0.4) is 0 Å². The number of nitrogens with two attached hydrogens (primary N) is 1. The Hall–Kier alpha value is -3.50. The van der Waals surface area contributed by atoms with E-state index in [1.165, 1.54) is 6.07 Å². The lowest BCUT2D eigenvalue weighted by atomic mass is 10.2. The summed E-state index contributed by atoms with van der Waals surface area (Å²) in [5.41, 5.74) is 4.05. The summed E-state index contributed by atoms with van der Waals surface area (Å²) >= 11 is 0. The van der Waals surface area contributed by atoms with Crippen LogP contribution in [0.2, 0.25) is 0 Å². The molecule has 0 bridgehead atoms. The quantitative estimate of drug-likeness (QED) is 0.472. The molecule has 0 aliphatic heterocycles. The average molecular weight is 454 g/mol. The molecular weight excluding hydrogens is 426 g/mol. The predicted molar refractivity (Wildman–Crippen MR) is 128 cm³/mol. The van der Waals surface area contributed by atoms with Crippen molar-refractivity contribution in [2.24, 2.45) is 12.2 Å². The Labute approximate surface area is 188 Å². The maximum absolute atomic E-state index is 11.8. The Morgan fingerprint density at radius 2 is 1.84 bits per heavy atom. The fourth-order valence-electron chi connectivity index (χ4n) is 3.37. The molecule has 4 aromatic rings. The molecule has 0 fully saturated rings. The van der Waals surface area contributed by atoms with Crippen molar-refractivity contribution in [2.75, 3.05) is 17.3 Å². The molecule has 2 heterocycles. The van der Waals surface area contributed by atoms with E-state index in [2.05, 4.69) is 20.4 Å². The Bertz CT molecular complexity index is 1400. The van der Waals surface area contributed by atoms with E-state index in [1.54, 1.807) is 31.3 Å². The highest BCUT2D eigenvalue weighted by Crippen LogP contribution is 2.28. The predicted octanol–water partition coefficient (Wildman–Crippen LogP) is 3.78. The van der Waals surface area contributed by atoms with Crippen molar-refractivity contribution >= 4 is 44.1 Å². The van der Waals surface area contributed by atoms with E-state index in [1.807, 2.05) is 48.8 Å². The van der Waals surface area contributed by atoms with Gasteiger partial charge in [0.1, 0.15) is 5.82 Å². The van der Waals surface area contributed by atoms with Gasteiger partial charge in [-0.2, -0.15) is 10.1 Å². The minimum atomic E-state index is -3.82. The van der Waals surface area contributed by atoms with E-state index < -0.39 is 10.0 Å². The molecule has 9 nitrogen and oxygen atoms in total. The second kappa shape index (κ2) is 8.56. The summed E-state index contributed by atoms with van der Waals surface area (Å²) in [4.78, 5) is 10.8. The fourth-order valence-corrected chi connectivity index (χ4v) is 4.18. The summed E-state index contributed by atoms with van der Waals surface area (Å²) in [6, 6.07) is 12.8. The van der Waals surface area contributed by atoms with Crippen molar-refractivity contribution in [2.45, 2.75) is 26.2 Å². The zero-order chi connectivity index (χ0) is 22.3. The molecule has 4 rings (SSSR count). The van der Waals surface area contributed by atoms with Crippen LogP contribution < -0.4 is 15.4 Å². The largest absolute Gasteiger partial charge is 0.329 e. The molecule has 0 saturated carbocycles. The average Bonchev–Trinajstić information content (AvgIpc) is 3.01. The second-order valence-corrected chi connectivity index (χ2v) is 8.89. The van der Waals surface area contributed by atoms with E-state index in [0.717, 1.165) is 22.3 Å². The lowest BCUT2D eigenvalue weighted by Crippen LogP contribution is -2.14. The highest BCUT2D eigenvalue weighted by molar-refractivity contribution is 7.89. The van der Waals surface area contributed by atoms with Gasteiger partial charge in [0, 0.05) is 42.7 Å². The van der Waals surface area contributed by atoms with E-state index in [9.17, 15) is 8.42 Å². The number of anilines is 4. The first-order valence-electron chi connectivity index (χ1n) is 9.54. The minimum absolute atomic E-state index is 0. The summed E-state index contributed by atoms with van der Waals surface area (Å²) < 4.78 is 25.4. The summed E-state index contributed by atoms with van der Waals surface area (Å²) in [6.45, 7) is 3.73. The lowest BCUT2D eigenvalue weighted by molar-refractivity contribution is 0.597. The van der Waals surface area contributed by atoms with Crippen molar-refractivity contribution in [3.05, 3.63) is 59.9 Å². The molecule has 0 atom stereocenters. The van der Waals surface area contributed by atoms with Crippen molar-refractivity contribution in [3.63, 3.8) is 0 Å². The molecule has 0 spiro atoms. The molecular formula is C22H27N7O2S. The Morgan fingerprint density at radius 3 is 2.56 bits per heavy atom. The zero-order valence-corrected chi connectivity index (χ0v) is 18.5. The first-order chi connectivity index (χ1) is 14.6. The van der Waals surface area contributed by atoms with Crippen molar-refractivity contribution in [1.29, 1.82) is 0 Å². The van der Waals surface area contributed by atoms with Gasteiger partial charge in [-0.25, -0.2) is 18.5 Å². The van der Waals surface area contributed by atoms with Gasteiger partial charge in [0.2, 0.25) is 16.0 Å². The number of benzene rings is 2. The smallest absolute Gasteiger partial charge is 0.238 e. The highest BCUT2D eigenvalue weighted by Gasteiger charge is 2.14. The van der Waals surface area contributed by atoms with Crippen LogP contribution in [0.25, 0.3) is 10.9 Å². The van der Waals surface area contributed by atoms with Gasteiger partial charge >= 0.3 is 0 Å². The summed E-state index contributed by atoms with van der Waals surface area (Å²) in [6.07, 6.45) is 1.64. The number of sulfonamides is 1. The standard InChI is InChI=1S/C21H23N7O2S.CH4/c1-13-5-6-15(11-19(13)31(22,29)30)24-21-23-10-9-20(25-21)27(3)16-7-8-17-14(2)28(4)26-18(17)12-16;/h5-12H,1-4H3,(H2,22,29,30)(H,23,24,25);1H4. The van der Waals surface area contributed by atoms with Crippen LogP contribution in [0.5, 0.6) is 0 Å². The second-order valence-electron chi connectivity index (χ2n) is 7.36. The van der Waals surface area contributed by atoms with Crippen LogP contribution in [-0.4, -0.2) is 35.2 Å². The minimum Gasteiger partial charge on any atom is -0.329 e. The van der Waals surface area contributed by atoms with Gasteiger partial charge in [0.05, 0.1) is 10.4 Å². The Balaban J connectivity index is 0.00000289. The summed E-state index contributed by atoms with van der Waals surface area (Å²) in [7, 11) is 0.0129. The maximum Gasteiger partial charge on any atom is 0.238 e. The molecule has 32 heavy (non-hydrogen) atoms. The van der Waals surface area contributed by atoms with Gasteiger partial charge in [-0.3, -0.25) is 4.68 Å². The van der Waals surface area contributed by atoms with Crippen molar-refractivity contribution < 1.29 is 8.42 Å². The van der Waals surface area contributed by atoms with Gasteiger partial charge in [-0.05, 0) is 55.8 Å². The van der Waals surface area contributed by atoms with Gasteiger partial charge < -0.3 is 10.2 Å². The van der Waals surface area contributed by atoms with Crippen LogP contribution in [0.15, 0.2) is 53.6 Å². The Kier molecular flexibility index (Phi) is 6.20. The molecule has 0 aliphatic carbocycles. The first kappa shape index (κ1) is 23.2. The number of rotatable bonds is 5. The number of hydrogen-bond acceptors (Lipinski definition) is 7. The monoisotopic (exact) mass is 453 g/mol. The van der Waals surface area contributed by atoms with Gasteiger partial charge in [-0.15, -0.1) is 0 Å². The topological polar surface area (TPSA) is 119 Å². The van der Waals surface area contributed by atoms with Crippen molar-refractivity contribution in [3.8, 4) is 0 Å². The van der Waals surface area contributed by atoms with E-state index >= 15 is 0 Å². The van der Waals surface area contributed by atoms with Crippen LogP contribution in [0.4, 0.5) is 23.1 Å². The Morgan fingerprint density at radius 1 is 1.09 bits per heavy atom. The first-order valence-corrected chi connectivity index (χ1v) is 11.1. The molecule has 0 radical (unpaired) electrons. The van der Waals surface area contributed by atoms with Crippen LogP contribution in [0.1, 0.15) is 18.7 Å². The number of aromatic nitrogens is 4. The lowest BCUT2D eigenvalue weighted by Gasteiger charge is -2.19. The molecule has 10 heteroatoms.